The number of nitrogens with one attached hydrogen (secondary N) is 1. The van der Waals surface area contributed by atoms with Gasteiger partial charge in [0, 0.05) is 6.04 Å². The highest BCUT2D eigenvalue weighted by Crippen LogP contribution is 2.21. The van der Waals surface area contributed by atoms with Gasteiger partial charge in [-0.05, 0) is 46.3 Å². The summed E-state index contributed by atoms with van der Waals surface area (Å²) in [5.41, 5.74) is 0. The van der Waals surface area contributed by atoms with Crippen molar-refractivity contribution in [3.8, 4) is 0 Å². The molecule has 90 valence electrons. The summed E-state index contributed by atoms with van der Waals surface area (Å²) in [4.78, 5) is 2.49. The van der Waals surface area contributed by atoms with Gasteiger partial charge in [0.25, 0.3) is 0 Å². The van der Waals surface area contributed by atoms with E-state index in [0.29, 0.717) is 0 Å². The fourth-order valence-corrected chi connectivity index (χ4v) is 2.34. The summed E-state index contributed by atoms with van der Waals surface area (Å²) in [5.74, 6) is 0. The fraction of sp³-hybridized carbons (Fsp3) is 1.00. The molecule has 1 fully saturated rings. The summed E-state index contributed by atoms with van der Waals surface area (Å²) in [7, 11) is 2.23. The molecule has 0 aliphatic heterocycles. The van der Waals surface area contributed by atoms with Gasteiger partial charge in [-0.1, -0.05) is 19.3 Å². The van der Waals surface area contributed by atoms with Crippen LogP contribution < -0.4 is 5.32 Å². The zero-order valence-electron chi connectivity index (χ0n) is 10.2. The second kappa shape index (κ2) is 7.20. The fourth-order valence-electron chi connectivity index (χ4n) is 2.34. The highest BCUT2D eigenvalue weighted by atomic mass is 16.3. The van der Waals surface area contributed by atoms with E-state index in [0.717, 1.165) is 25.6 Å². The second-order valence-corrected chi connectivity index (χ2v) is 4.76. The molecular formula is C12H26N2O. The van der Waals surface area contributed by atoms with Gasteiger partial charge in [-0.2, -0.15) is 0 Å². The van der Waals surface area contributed by atoms with Gasteiger partial charge in [-0.25, -0.2) is 0 Å². The molecule has 1 atom stereocenters. The van der Waals surface area contributed by atoms with E-state index in [9.17, 15) is 0 Å². The molecule has 0 saturated heterocycles. The molecule has 0 aromatic carbocycles. The molecule has 0 aromatic rings. The summed E-state index contributed by atoms with van der Waals surface area (Å²) in [5, 5.41) is 12.1. The molecule has 0 bridgehead atoms. The first-order valence-electron chi connectivity index (χ1n) is 6.32. The lowest BCUT2D eigenvalue weighted by Crippen LogP contribution is -2.36. The summed E-state index contributed by atoms with van der Waals surface area (Å²) in [6.45, 7) is 3.82. The lowest BCUT2D eigenvalue weighted by molar-refractivity contribution is 0.149. The molecule has 1 rings (SSSR count). The summed E-state index contributed by atoms with van der Waals surface area (Å²) < 4.78 is 0. The largest absolute Gasteiger partial charge is 0.379 e. The minimum Gasteiger partial charge on any atom is -0.379 e. The number of nitrogens with zero attached hydrogens (tertiary/aromatic N) is 1. The molecule has 0 spiro atoms. The highest BCUT2D eigenvalue weighted by Gasteiger charge is 2.16. The Kier molecular flexibility index (Phi) is 6.22. The van der Waals surface area contributed by atoms with Crippen LogP contribution in [0.3, 0.4) is 0 Å². The van der Waals surface area contributed by atoms with Gasteiger partial charge >= 0.3 is 0 Å². The first-order valence-corrected chi connectivity index (χ1v) is 6.32. The van der Waals surface area contributed by atoms with Crippen LogP contribution in [0.5, 0.6) is 0 Å². The van der Waals surface area contributed by atoms with Crippen LogP contribution in [0, 0.1) is 0 Å². The smallest absolute Gasteiger partial charge is 0.102 e. The van der Waals surface area contributed by atoms with Gasteiger partial charge in [-0.3, -0.25) is 5.32 Å². The van der Waals surface area contributed by atoms with Gasteiger partial charge in [0.15, 0.2) is 0 Å². The molecule has 0 heterocycles. The van der Waals surface area contributed by atoms with Crippen molar-refractivity contribution in [2.75, 3.05) is 20.1 Å². The zero-order valence-corrected chi connectivity index (χ0v) is 10.2. The number of hydrogen-bond acceptors (Lipinski definition) is 3. The minimum atomic E-state index is -0.370. The summed E-state index contributed by atoms with van der Waals surface area (Å²) in [6.07, 6.45) is 7.74. The highest BCUT2D eigenvalue weighted by molar-refractivity contribution is 4.73. The van der Waals surface area contributed by atoms with Crippen molar-refractivity contribution in [1.29, 1.82) is 0 Å². The van der Waals surface area contributed by atoms with Gasteiger partial charge in [-0.15, -0.1) is 0 Å². The van der Waals surface area contributed by atoms with E-state index in [-0.39, 0.29) is 6.23 Å². The third-order valence-electron chi connectivity index (χ3n) is 3.33. The van der Waals surface area contributed by atoms with Gasteiger partial charge in [0.05, 0.1) is 0 Å². The molecule has 0 amide bonds. The molecule has 2 N–H and O–H groups in total. The molecule has 3 nitrogen and oxygen atoms in total. The molecular weight excluding hydrogens is 188 g/mol. The average Bonchev–Trinajstić information content (AvgIpc) is 2.25. The number of rotatable bonds is 6. The summed E-state index contributed by atoms with van der Waals surface area (Å²) in [6, 6.07) is 0.810. The molecule has 1 aliphatic rings. The van der Waals surface area contributed by atoms with Crippen molar-refractivity contribution < 1.29 is 5.11 Å². The van der Waals surface area contributed by atoms with E-state index >= 15 is 0 Å². The Bertz CT molecular complexity index is 156. The van der Waals surface area contributed by atoms with Crippen LogP contribution in [0.4, 0.5) is 0 Å². The zero-order chi connectivity index (χ0) is 11.1. The maximum absolute atomic E-state index is 9.04. The minimum absolute atomic E-state index is 0.370. The number of aliphatic hydroxyl groups is 1. The number of aliphatic hydroxyl groups excluding tert-OH is 1. The molecule has 15 heavy (non-hydrogen) atoms. The first-order chi connectivity index (χ1) is 7.20. The van der Waals surface area contributed by atoms with E-state index < -0.39 is 0 Å². The Hall–Kier alpha value is -0.120. The number of hydrogen-bond donors (Lipinski definition) is 2. The van der Waals surface area contributed by atoms with Crippen molar-refractivity contribution in [3.05, 3.63) is 0 Å². The summed E-state index contributed by atoms with van der Waals surface area (Å²) >= 11 is 0. The Morgan fingerprint density at radius 2 is 2.00 bits per heavy atom. The van der Waals surface area contributed by atoms with E-state index in [2.05, 4.69) is 17.3 Å². The molecule has 1 unspecified atom stereocenters. The lowest BCUT2D eigenvalue weighted by atomic mass is 9.94. The average molecular weight is 214 g/mol. The van der Waals surface area contributed by atoms with Gasteiger partial charge < -0.3 is 10.0 Å². The van der Waals surface area contributed by atoms with E-state index in [1.807, 2.05) is 0 Å². The first kappa shape index (κ1) is 12.9. The predicted octanol–water partition coefficient (Wildman–Crippen LogP) is 1.57. The second-order valence-electron chi connectivity index (χ2n) is 4.76. The van der Waals surface area contributed by atoms with Crippen LogP contribution in [0.1, 0.15) is 45.4 Å². The molecule has 1 saturated carbocycles. The molecule has 0 radical (unpaired) electrons. The Morgan fingerprint density at radius 1 is 1.33 bits per heavy atom. The third-order valence-corrected chi connectivity index (χ3v) is 3.33. The van der Waals surface area contributed by atoms with Crippen LogP contribution in [-0.4, -0.2) is 42.4 Å². The molecule has 3 heteroatoms. The third kappa shape index (κ3) is 5.50. The normalized spacial score (nSPS) is 20.8. The van der Waals surface area contributed by atoms with Crippen LogP contribution in [0.2, 0.25) is 0 Å². The van der Waals surface area contributed by atoms with E-state index in [4.69, 9.17) is 5.11 Å². The van der Waals surface area contributed by atoms with E-state index in [1.54, 1.807) is 6.92 Å². The van der Waals surface area contributed by atoms with Gasteiger partial charge in [0.1, 0.15) is 6.23 Å². The van der Waals surface area contributed by atoms with Crippen molar-refractivity contribution >= 4 is 0 Å². The van der Waals surface area contributed by atoms with E-state index in [1.165, 1.54) is 32.1 Å². The van der Waals surface area contributed by atoms with Crippen molar-refractivity contribution in [2.24, 2.45) is 0 Å². The molecule has 1 aliphatic carbocycles. The maximum Gasteiger partial charge on any atom is 0.102 e. The van der Waals surface area contributed by atoms with Gasteiger partial charge in [0.2, 0.25) is 0 Å². The van der Waals surface area contributed by atoms with Crippen LogP contribution in [-0.2, 0) is 0 Å². The Morgan fingerprint density at radius 3 is 2.60 bits per heavy atom. The predicted molar refractivity (Wildman–Crippen MR) is 63.8 cm³/mol. The van der Waals surface area contributed by atoms with Crippen molar-refractivity contribution in [2.45, 2.75) is 57.7 Å². The Labute approximate surface area is 93.9 Å². The van der Waals surface area contributed by atoms with Crippen LogP contribution >= 0.6 is 0 Å². The molecule has 0 aromatic heterocycles. The topological polar surface area (TPSA) is 35.5 Å². The van der Waals surface area contributed by atoms with Crippen molar-refractivity contribution in [1.82, 2.24) is 10.2 Å². The quantitative estimate of drug-likeness (QED) is 0.520. The van der Waals surface area contributed by atoms with Crippen molar-refractivity contribution in [3.63, 3.8) is 0 Å². The Balaban J connectivity index is 2.04. The van der Waals surface area contributed by atoms with Crippen LogP contribution in [0.15, 0.2) is 0 Å². The van der Waals surface area contributed by atoms with Crippen LogP contribution in [0.25, 0.3) is 0 Å². The lowest BCUT2D eigenvalue weighted by Gasteiger charge is -2.31. The SMILES string of the molecule is CC(O)NCCCN(C)C1CCCCC1. The monoisotopic (exact) mass is 214 g/mol. The standard InChI is InChI=1S/C12H26N2O/c1-11(15)13-9-6-10-14(2)12-7-4-3-5-8-12/h11-13,15H,3-10H2,1-2H3. The maximum atomic E-state index is 9.04.